The molecule has 10 atom stereocenters. The summed E-state index contributed by atoms with van der Waals surface area (Å²) in [5, 5.41) is 49.7. The molecule has 2 aliphatic heterocycles. The number of carbonyl (C=O) groups is 1. The van der Waals surface area contributed by atoms with Gasteiger partial charge in [-0.25, -0.2) is 0 Å². The molecule has 5 N–H and O–H groups in total. The molecular formula is C16H26O9. The van der Waals surface area contributed by atoms with E-state index in [-0.39, 0.29) is 30.3 Å². The van der Waals surface area contributed by atoms with Gasteiger partial charge < -0.3 is 39.7 Å². The molecule has 3 aliphatic rings. The van der Waals surface area contributed by atoms with E-state index in [0.717, 1.165) is 0 Å². The summed E-state index contributed by atoms with van der Waals surface area (Å²) in [4.78, 5) is 11.8. The number of aliphatic hydroxyl groups excluding tert-OH is 5. The molecule has 3 fully saturated rings. The highest BCUT2D eigenvalue weighted by Crippen LogP contribution is 2.49. The average Bonchev–Trinajstić information content (AvgIpc) is 2.83. The average molecular weight is 362 g/mol. The number of ether oxygens (including phenoxy) is 3. The topological polar surface area (TPSA) is 146 Å². The van der Waals surface area contributed by atoms with Gasteiger partial charge in [0.1, 0.15) is 30.0 Å². The van der Waals surface area contributed by atoms with Gasteiger partial charge in [-0.3, -0.25) is 4.79 Å². The first-order valence-electron chi connectivity index (χ1n) is 8.53. The van der Waals surface area contributed by atoms with E-state index in [1.165, 1.54) is 0 Å². The number of esters is 1. The van der Waals surface area contributed by atoms with Gasteiger partial charge in [0.15, 0.2) is 6.29 Å². The third-order valence-corrected chi connectivity index (χ3v) is 6.05. The fourth-order valence-electron chi connectivity index (χ4n) is 4.23. The van der Waals surface area contributed by atoms with Crippen LogP contribution in [0.2, 0.25) is 0 Å². The van der Waals surface area contributed by atoms with Gasteiger partial charge in [-0.05, 0) is 19.3 Å². The Balaban J connectivity index is 1.80. The van der Waals surface area contributed by atoms with E-state index >= 15 is 0 Å². The minimum atomic E-state index is -1.56. The Hall–Kier alpha value is -0.810. The van der Waals surface area contributed by atoms with Crippen LogP contribution in [-0.2, 0) is 19.0 Å². The van der Waals surface area contributed by atoms with Gasteiger partial charge >= 0.3 is 5.97 Å². The van der Waals surface area contributed by atoms with Gasteiger partial charge in [-0.2, -0.15) is 0 Å². The second-order valence-electron chi connectivity index (χ2n) is 7.44. The summed E-state index contributed by atoms with van der Waals surface area (Å²) >= 11 is 0. The van der Waals surface area contributed by atoms with E-state index in [4.69, 9.17) is 14.2 Å². The maximum absolute atomic E-state index is 11.8. The van der Waals surface area contributed by atoms with Crippen LogP contribution in [0.1, 0.15) is 20.3 Å². The van der Waals surface area contributed by atoms with E-state index in [0.29, 0.717) is 6.42 Å². The van der Waals surface area contributed by atoms with Crippen molar-refractivity contribution in [3.8, 4) is 0 Å². The molecule has 9 nitrogen and oxygen atoms in total. The Kier molecular flexibility index (Phi) is 5.11. The second-order valence-corrected chi connectivity index (χ2v) is 7.44. The van der Waals surface area contributed by atoms with Crippen LogP contribution in [-0.4, -0.2) is 87.1 Å². The standard InChI is InChI=1S/C16H26O9/c1-6-7-3-10(18)16(2,8(7)5-23-14(6)22)25-15-13(21)12(20)11(19)9(4-17)24-15/h6-13,15,17-21H,3-5H2,1-2H3/t6-,7-,8+,9-,10+,11-,12+,13-,15+,16+/m1/s1. The van der Waals surface area contributed by atoms with Crippen LogP contribution in [0.15, 0.2) is 0 Å². The zero-order valence-corrected chi connectivity index (χ0v) is 14.2. The highest BCUT2D eigenvalue weighted by atomic mass is 16.7. The first-order chi connectivity index (χ1) is 11.7. The summed E-state index contributed by atoms with van der Waals surface area (Å²) in [6, 6.07) is 0. The maximum Gasteiger partial charge on any atom is 0.308 e. The van der Waals surface area contributed by atoms with Gasteiger partial charge in [0.25, 0.3) is 0 Å². The van der Waals surface area contributed by atoms with Crippen LogP contribution in [0.3, 0.4) is 0 Å². The van der Waals surface area contributed by atoms with Crippen molar-refractivity contribution in [3.63, 3.8) is 0 Å². The Morgan fingerprint density at radius 1 is 1.20 bits per heavy atom. The van der Waals surface area contributed by atoms with Crippen molar-refractivity contribution < 1.29 is 44.5 Å². The lowest BCUT2D eigenvalue weighted by molar-refractivity contribution is -0.338. The number of carbonyl (C=O) groups excluding carboxylic acids is 1. The number of hydrogen-bond donors (Lipinski definition) is 5. The third-order valence-electron chi connectivity index (χ3n) is 6.05. The summed E-state index contributed by atoms with van der Waals surface area (Å²) in [6.07, 6.45) is -7.61. The first kappa shape index (κ1) is 19.0. The van der Waals surface area contributed by atoms with Crippen molar-refractivity contribution in [2.24, 2.45) is 17.8 Å². The molecule has 0 aromatic heterocycles. The summed E-state index contributed by atoms with van der Waals surface area (Å²) in [5.74, 6) is -1.13. The third kappa shape index (κ3) is 2.97. The second kappa shape index (κ2) is 6.73. The summed E-state index contributed by atoms with van der Waals surface area (Å²) in [6.45, 7) is 2.91. The molecule has 9 heteroatoms. The molecule has 0 spiro atoms. The highest BCUT2D eigenvalue weighted by molar-refractivity contribution is 5.73. The molecule has 0 aromatic rings. The molecule has 2 saturated heterocycles. The van der Waals surface area contributed by atoms with Gasteiger partial charge in [-0.1, -0.05) is 6.92 Å². The van der Waals surface area contributed by atoms with E-state index < -0.39 is 49.0 Å². The molecule has 0 amide bonds. The molecule has 1 aliphatic carbocycles. The minimum absolute atomic E-state index is 0.0822. The van der Waals surface area contributed by atoms with Crippen molar-refractivity contribution in [3.05, 3.63) is 0 Å². The number of fused-ring (bicyclic) bond motifs is 1. The first-order valence-corrected chi connectivity index (χ1v) is 8.53. The van der Waals surface area contributed by atoms with E-state index in [9.17, 15) is 30.3 Å². The number of cyclic esters (lactones) is 1. The number of rotatable bonds is 3. The van der Waals surface area contributed by atoms with Crippen LogP contribution >= 0.6 is 0 Å². The molecule has 3 rings (SSSR count). The molecule has 25 heavy (non-hydrogen) atoms. The SMILES string of the molecule is C[C@H]1C(=O)OC[C@H]2[C@@H]1C[C@H](O)[C@@]2(C)O[C@@H]1O[C@H](CO)[C@@H](O)[C@H](O)[C@H]1O. The largest absolute Gasteiger partial charge is 0.465 e. The van der Waals surface area contributed by atoms with Crippen LogP contribution in [0.25, 0.3) is 0 Å². The summed E-state index contributed by atoms with van der Waals surface area (Å²) < 4.78 is 16.4. The molecule has 0 bridgehead atoms. The fourth-order valence-corrected chi connectivity index (χ4v) is 4.23. The molecule has 2 heterocycles. The zero-order chi connectivity index (χ0) is 18.5. The van der Waals surface area contributed by atoms with Crippen LogP contribution < -0.4 is 0 Å². The molecule has 0 unspecified atom stereocenters. The van der Waals surface area contributed by atoms with Crippen molar-refractivity contribution in [2.75, 3.05) is 13.2 Å². The van der Waals surface area contributed by atoms with Crippen molar-refractivity contribution >= 4 is 5.97 Å². The predicted molar refractivity (Wildman–Crippen MR) is 81.0 cm³/mol. The molecular weight excluding hydrogens is 336 g/mol. The predicted octanol–water partition coefficient (Wildman–Crippen LogP) is -2.25. The smallest absolute Gasteiger partial charge is 0.308 e. The zero-order valence-electron chi connectivity index (χ0n) is 14.2. The normalized spacial score (nSPS) is 53.4. The van der Waals surface area contributed by atoms with Crippen molar-refractivity contribution in [1.29, 1.82) is 0 Å². The Morgan fingerprint density at radius 2 is 1.88 bits per heavy atom. The maximum atomic E-state index is 11.8. The quantitative estimate of drug-likeness (QED) is 0.351. The van der Waals surface area contributed by atoms with Crippen LogP contribution in [0.4, 0.5) is 0 Å². The van der Waals surface area contributed by atoms with Crippen LogP contribution in [0.5, 0.6) is 0 Å². The lowest BCUT2D eigenvalue weighted by atomic mass is 9.79. The van der Waals surface area contributed by atoms with E-state index in [1.54, 1.807) is 13.8 Å². The molecule has 0 aromatic carbocycles. The summed E-state index contributed by atoms with van der Waals surface area (Å²) in [5.41, 5.74) is -1.17. The monoisotopic (exact) mass is 362 g/mol. The highest BCUT2D eigenvalue weighted by Gasteiger charge is 2.59. The fraction of sp³-hybridized carbons (Fsp3) is 0.938. The number of aliphatic hydroxyl groups is 5. The lowest BCUT2D eigenvalue weighted by Crippen LogP contribution is -2.62. The minimum Gasteiger partial charge on any atom is -0.465 e. The Morgan fingerprint density at radius 3 is 2.52 bits per heavy atom. The Labute approximate surface area is 145 Å². The Bertz CT molecular complexity index is 512. The molecule has 144 valence electrons. The van der Waals surface area contributed by atoms with Gasteiger partial charge in [0.2, 0.25) is 0 Å². The van der Waals surface area contributed by atoms with Crippen molar-refractivity contribution in [2.45, 2.75) is 62.7 Å². The van der Waals surface area contributed by atoms with Gasteiger partial charge in [0.05, 0.1) is 25.2 Å². The van der Waals surface area contributed by atoms with Gasteiger partial charge in [0, 0.05) is 5.92 Å². The van der Waals surface area contributed by atoms with Gasteiger partial charge in [-0.15, -0.1) is 0 Å². The lowest BCUT2D eigenvalue weighted by Gasteiger charge is -2.45. The van der Waals surface area contributed by atoms with E-state index in [1.807, 2.05) is 0 Å². The van der Waals surface area contributed by atoms with Crippen LogP contribution in [0, 0.1) is 17.8 Å². The van der Waals surface area contributed by atoms with E-state index in [2.05, 4.69) is 0 Å². The van der Waals surface area contributed by atoms with Crippen molar-refractivity contribution in [1.82, 2.24) is 0 Å². The molecule has 0 radical (unpaired) electrons. The number of hydrogen-bond acceptors (Lipinski definition) is 9. The summed E-state index contributed by atoms with van der Waals surface area (Å²) in [7, 11) is 0. The molecule has 1 saturated carbocycles.